The second-order valence-electron chi connectivity index (χ2n) is 5.85. The first kappa shape index (κ1) is 17.2. The Hall–Kier alpha value is -2.59. The standard InChI is InChI=1S/C21H22N2OS/c1-24-19-12-5-11-18(15-19)23-21(25)22-14-6-10-17-9-4-8-16-7-2-3-13-20(16)17/h2-5,7-9,11-13,15H,6,10,14H2,1H3,(H2,22,23,25). The molecule has 25 heavy (non-hydrogen) atoms. The predicted octanol–water partition coefficient (Wildman–Crippen LogP) is 4.77. The number of anilines is 1. The molecule has 3 rings (SSSR count). The van der Waals surface area contributed by atoms with Gasteiger partial charge in [0, 0.05) is 18.3 Å². The number of methoxy groups -OCH3 is 1. The zero-order valence-electron chi connectivity index (χ0n) is 14.3. The molecule has 2 N–H and O–H groups in total. The zero-order chi connectivity index (χ0) is 17.5. The summed E-state index contributed by atoms with van der Waals surface area (Å²) in [6.07, 6.45) is 2.05. The maximum Gasteiger partial charge on any atom is 0.170 e. The van der Waals surface area contributed by atoms with E-state index in [9.17, 15) is 0 Å². The van der Waals surface area contributed by atoms with Crippen molar-refractivity contribution in [3.63, 3.8) is 0 Å². The fraction of sp³-hybridized carbons (Fsp3) is 0.190. The number of fused-ring (bicyclic) bond motifs is 1. The summed E-state index contributed by atoms with van der Waals surface area (Å²) in [5.41, 5.74) is 2.30. The molecule has 0 amide bonds. The Labute approximate surface area is 154 Å². The van der Waals surface area contributed by atoms with E-state index in [0.717, 1.165) is 30.8 Å². The summed E-state index contributed by atoms with van der Waals surface area (Å²) in [6.45, 7) is 0.832. The fourth-order valence-electron chi connectivity index (χ4n) is 2.87. The van der Waals surface area contributed by atoms with Crippen LogP contribution in [0.2, 0.25) is 0 Å². The smallest absolute Gasteiger partial charge is 0.170 e. The highest BCUT2D eigenvalue weighted by molar-refractivity contribution is 7.80. The molecule has 0 saturated carbocycles. The average Bonchev–Trinajstić information content (AvgIpc) is 2.65. The van der Waals surface area contributed by atoms with Gasteiger partial charge in [-0.15, -0.1) is 0 Å². The number of aryl methyl sites for hydroxylation is 1. The second-order valence-corrected chi connectivity index (χ2v) is 6.26. The average molecular weight is 350 g/mol. The molecule has 3 aromatic rings. The molecule has 0 bridgehead atoms. The topological polar surface area (TPSA) is 33.3 Å². The SMILES string of the molecule is COc1cccc(NC(=S)NCCCc2cccc3ccccc23)c1. The van der Waals surface area contributed by atoms with E-state index in [2.05, 4.69) is 53.1 Å². The van der Waals surface area contributed by atoms with Crippen LogP contribution >= 0.6 is 12.2 Å². The van der Waals surface area contributed by atoms with Crippen LogP contribution in [0, 0.1) is 0 Å². The van der Waals surface area contributed by atoms with Gasteiger partial charge >= 0.3 is 0 Å². The van der Waals surface area contributed by atoms with Crippen molar-refractivity contribution in [1.82, 2.24) is 5.32 Å². The van der Waals surface area contributed by atoms with E-state index in [-0.39, 0.29) is 0 Å². The van der Waals surface area contributed by atoms with E-state index in [1.807, 2.05) is 24.3 Å². The Morgan fingerprint density at radius 1 is 1.00 bits per heavy atom. The minimum atomic E-state index is 0.631. The van der Waals surface area contributed by atoms with Crippen molar-refractivity contribution in [3.8, 4) is 5.75 Å². The second kappa shape index (κ2) is 8.49. The Morgan fingerprint density at radius 3 is 2.68 bits per heavy atom. The summed E-state index contributed by atoms with van der Waals surface area (Å²) in [6, 6.07) is 22.7. The van der Waals surface area contributed by atoms with Crippen LogP contribution in [-0.2, 0) is 6.42 Å². The summed E-state index contributed by atoms with van der Waals surface area (Å²) >= 11 is 5.36. The number of benzene rings is 3. The quantitative estimate of drug-likeness (QED) is 0.496. The van der Waals surface area contributed by atoms with Crippen molar-refractivity contribution < 1.29 is 4.74 Å². The highest BCUT2D eigenvalue weighted by atomic mass is 32.1. The molecular weight excluding hydrogens is 328 g/mol. The van der Waals surface area contributed by atoms with Crippen molar-refractivity contribution in [2.45, 2.75) is 12.8 Å². The van der Waals surface area contributed by atoms with E-state index in [1.54, 1.807) is 7.11 Å². The van der Waals surface area contributed by atoms with Crippen molar-refractivity contribution in [2.75, 3.05) is 19.0 Å². The summed E-state index contributed by atoms with van der Waals surface area (Å²) in [5.74, 6) is 0.809. The van der Waals surface area contributed by atoms with Crippen LogP contribution in [0.5, 0.6) is 5.75 Å². The molecule has 0 aliphatic heterocycles. The summed E-state index contributed by atoms with van der Waals surface area (Å²) < 4.78 is 5.22. The molecule has 0 aliphatic carbocycles. The first-order chi connectivity index (χ1) is 12.3. The molecule has 3 aromatic carbocycles. The highest BCUT2D eigenvalue weighted by Crippen LogP contribution is 2.19. The van der Waals surface area contributed by atoms with Gasteiger partial charge in [-0.25, -0.2) is 0 Å². The monoisotopic (exact) mass is 350 g/mol. The molecule has 128 valence electrons. The molecule has 0 aromatic heterocycles. The van der Waals surface area contributed by atoms with E-state index in [4.69, 9.17) is 17.0 Å². The fourth-order valence-corrected chi connectivity index (χ4v) is 3.09. The minimum absolute atomic E-state index is 0.631. The number of ether oxygens (including phenoxy) is 1. The van der Waals surface area contributed by atoms with E-state index < -0.39 is 0 Å². The molecule has 0 atom stereocenters. The van der Waals surface area contributed by atoms with Gasteiger partial charge in [-0.05, 0) is 53.5 Å². The van der Waals surface area contributed by atoms with Gasteiger partial charge in [0.1, 0.15) is 5.75 Å². The molecule has 0 heterocycles. The third-order valence-corrected chi connectivity index (χ3v) is 4.36. The van der Waals surface area contributed by atoms with E-state index in [0.29, 0.717) is 5.11 Å². The van der Waals surface area contributed by atoms with Gasteiger partial charge in [-0.1, -0.05) is 48.5 Å². The molecule has 0 unspecified atom stereocenters. The summed E-state index contributed by atoms with van der Waals surface area (Å²) in [4.78, 5) is 0. The van der Waals surface area contributed by atoms with Crippen molar-refractivity contribution >= 4 is 33.8 Å². The number of hydrogen-bond donors (Lipinski definition) is 2. The molecule has 4 heteroatoms. The highest BCUT2D eigenvalue weighted by Gasteiger charge is 2.02. The Bertz CT molecular complexity index is 858. The van der Waals surface area contributed by atoms with Crippen molar-refractivity contribution in [3.05, 3.63) is 72.3 Å². The van der Waals surface area contributed by atoms with Gasteiger partial charge in [0.15, 0.2) is 5.11 Å². The van der Waals surface area contributed by atoms with Gasteiger partial charge in [0.25, 0.3) is 0 Å². The van der Waals surface area contributed by atoms with Crippen LogP contribution in [0.25, 0.3) is 10.8 Å². The van der Waals surface area contributed by atoms with Crippen molar-refractivity contribution in [2.24, 2.45) is 0 Å². The number of rotatable bonds is 6. The van der Waals surface area contributed by atoms with Crippen LogP contribution in [0.1, 0.15) is 12.0 Å². The maximum absolute atomic E-state index is 5.36. The molecular formula is C21H22N2OS. The van der Waals surface area contributed by atoms with E-state index >= 15 is 0 Å². The lowest BCUT2D eigenvalue weighted by atomic mass is 10.0. The van der Waals surface area contributed by atoms with Crippen LogP contribution in [0.4, 0.5) is 5.69 Å². The third-order valence-electron chi connectivity index (χ3n) is 4.12. The lowest BCUT2D eigenvalue weighted by Gasteiger charge is -2.12. The van der Waals surface area contributed by atoms with Gasteiger partial charge in [-0.3, -0.25) is 0 Å². The molecule has 3 nitrogen and oxygen atoms in total. The van der Waals surface area contributed by atoms with Gasteiger partial charge in [-0.2, -0.15) is 0 Å². The first-order valence-electron chi connectivity index (χ1n) is 8.42. The lowest BCUT2D eigenvalue weighted by Crippen LogP contribution is -2.29. The Balaban J connectivity index is 1.48. The maximum atomic E-state index is 5.36. The number of nitrogens with one attached hydrogen (secondary N) is 2. The molecule has 0 fully saturated rings. The molecule has 0 radical (unpaired) electrons. The molecule has 0 saturated heterocycles. The summed E-state index contributed by atoms with van der Waals surface area (Å²) in [5, 5.41) is 9.71. The summed E-state index contributed by atoms with van der Waals surface area (Å²) in [7, 11) is 1.66. The van der Waals surface area contributed by atoms with E-state index in [1.165, 1.54) is 16.3 Å². The normalized spacial score (nSPS) is 10.4. The zero-order valence-corrected chi connectivity index (χ0v) is 15.1. The van der Waals surface area contributed by atoms with Crippen LogP contribution < -0.4 is 15.4 Å². The lowest BCUT2D eigenvalue weighted by molar-refractivity contribution is 0.415. The number of thiocarbonyl (C=S) groups is 1. The van der Waals surface area contributed by atoms with Gasteiger partial charge in [0.05, 0.1) is 7.11 Å². The molecule has 0 aliphatic rings. The Morgan fingerprint density at radius 2 is 1.80 bits per heavy atom. The Kier molecular flexibility index (Phi) is 5.86. The first-order valence-corrected chi connectivity index (χ1v) is 8.82. The predicted molar refractivity (Wildman–Crippen MR) is 109 cm³/mol. The molecule has 0 spiro atoms. The van der Waals surface area contributed by atoms with Gasteiger partial charge in [0.2, 0.25) is 0 Å². The largest absolute Gasteiger partial charge is 0.497 e. The third kappa shape index (κ3) is 4.70. The van der Waals surface area contributed by atoms with Crippen LogP contribution in [0.15, 0.2) is 66.7 Å². The van der Waals surface area contributed by atoms with Crippen LogP contribution in [-0.4, -0.2) is 18.8 Å². The number of hydrogen-bond acceptors (Lipinski definition) is 2. The minimum Gasteiger partial charge on any atom is -0.497 e. The van der Waals surface area contributed by atoms with Crippen molar-refractivity contribution in [1.29, 1.82) is 0 Å². The van der Waals surface area contributed by atoms with Crippen LogP contribution in [0.3, 0.4) is 0 Å². The van der Waals surface area contributed by atoms with Gasteiger partial charge < -0.3 is 15.4 Å².